The molecule has 0 heterocycles. The normalized spacial score (nSPS) is 14.9. The summed E-state index contributed by atoms with van der Waals surface area (Å²) in [5.41, 5.74) is 0. The second kappa shape index (κ2) is 6.57. The van der Waals surface area contributed by atoms with Crippen molar-refractivity contribution >= 4 is 6.29 Å². The van der Waals surface area contributed by atoms with Gasteiger partial charge in [0, 0.05) is 16.8 Å². The van der Waals surface area contributed by atoms with Crippen LogP contribution in [0.25, 0.3) is 0 Å². The van der Waals surface area contributed by atoms with E-state index in [9.17, 15) is 14.9 Å². The molecular weight excluding hydrogens is 170 g/mol. The second-order valence-electron chi connectivity index (χ2n) is 3.41. The summed E-state index contributed by atoms with van der Waals surface area (Å²) in [6.07, 6.45) is 3.55. The van der Waals surface area contributed by atoms with Gasteiger partial charge in [0.15, 0.2) is 0 Å². The summed E-state index contributed by atoms with van der Waals surface area (Å²) in [5.74, 6) is -0.288. The van der Waals surface area contributed by atoms with Gasteiger partial charge in [0.1, 0.15) is 6.29 Å². The van der Waals surface area contributed by atoms with Crippen LogP contribution in [0.15, 0.2) is 0 Å². The van der Waals surface area contributed by atoms with Crippen LogP contribution in [0.4, 0.5) is 0 Å². The topological polar surface area (TPSA) is 60.2 Å². The van der Waals surface area contributed by atoms with Crippen molar-refractivity contribution in [3.8, 4) is 0 Å². The van der Waals surface area contributed by atoms with Gasteiger partial charge in [-0.3, -0.25) is 10.1 Å². The monoisotopic (exact) mass is 187 g/mol. The fraction of sp³-hybridized carbons (Fsp3) is 0.889. The number of rotatable bonds is 7. The molecule has 13 heavy (non-hydrogen) atoms. The van der Waals surface area contributed by atoms with E-state index < -0.39 is 0 Å². The number of nitrogens with zero attached hydrogens (tertiary/aromatic N) is 1. The minimum absolute atomic E-state index is 0.0834. The van der Waals surface area contributed by atoms with Crippen molar-refractivity contribution in [3.63, 3.8) is 0 Å². The molecule has 0 aromatic rings. The summed E-state index contributed by atoms with van der Waals surface area (Å²) < 4.78 is 0. The lowest BCUT2D eigenvalue weighted by Crippen LogP contribution is -2.22. The standard InChI is InChI=1S/C9H17NO3/c1-3-4-5-9(6-10(12)13)8(2)7-11/h7-9H,3-6H2,1-2H3/t8-,9+/m1/s1. The molecule has 0 saturated heterocycles. The summed E-state index contributed by atoms with van der Waals surface area (Å²) in [6.45, 7) is 3.70. The molecule has 0 spiro atoms. The highest BCUT2D eigenvalue weighted by molar-refractivity contribution is 5.53. The van der Waals surface area contributed by atoms with E-state index in [2.05, 4.69) is 0 Å². The fourth-order valence-electron chi connectivity index (χ4n) is 1.29. The predicted octanol–water partition coefficient (Wildman–Crippen LogP) is 1.90. The smallest absolute Gasteiger partial charge is 0.207 e. The SMILES string of the molecule is CCCC[C@@H](C[N+](=O)[O-])[C@H](C)C=O. The minimum Gasteiger partial charge on any atom is -0.303 e. The van der Waals surface area contributed by atoms with Crippen LogP contribution in [-0.2, 0) is 4.79 Å². The second-order valence-corrected chi connectivity index (χ2v) is 3.41. The number of hydrogen-bond donors (Lipinski definition) is 0. The lowest BCUT2D eigenvalue weighted by atomic mass is 9.90. The predicted molar refractivity (Wildman–Crippen MR) is 50.1 cm³/mol. The fourth-order valence-corrected chi connectivity index (χ4v) is 1.29. The molecule has 0 amide bonds. The summed E-state index contributed by atoms with van der Waals surface area (Å²) in [6, 6.07) is 0. The molecule has 0 aliphatic rings. The maximum atomic E-state index is 10.5. The molecule has 76 valence electrons. The van der Waals surface area contributed by atoms with Crippen molar-refractivity contribution in [2.24, 2.45) is 11.8 Å². The summed E-state index contributed by atoms with van der Waals surface area (Å²) in [5, 5.41) is 10.3. The molecule has 0 unspecified atom stereocenters. The molecule has 0 radical (unpaired) electrons. The van der Waals surface area contributed by atoms with E-state index in [4.69, 9.17) is 0 Å². The molecule has 0 saturated carbocycles. The van der Waals surface area contributed by atoms with Gasteiger partial charge in [0.25, 0.3) is 0 Å². The highest BCUT2D eigenvalue weighted by Crippen LogP contribution is 2.17. The Morgan fingerprint density at radius 3 is 2.54 bits per heavy atom. The van der Waals surface area contributed by atoms with Crippen molar-refractivity contribution in [1.82, 2.24) is 0 Å². The third-order valence-electron chi connectivity index (χ3n) is 2.27. The van der Waals surface area contributed by atoms with Gasteiger partial charge in [-0.2, -0.15) is 0 Å². The van der Waals surface area contributed by atoms with Crippen LogP contribution in [0.3, 0.4) is 0 Å². The van der Waals surface area contributed by atoms with Gasteiger partial charge in [-0.25, -0.2) is 0 Å². The van der Waals surface area contributed by atoms with Crippen LogP contribution >= 0.6 is 0 Å². The van der Waals surface area contributed by atoms with E-state index >= 15 is 0 Å². The first-order chi connectivity index (χ1) is 6.11. The first-order valence-corrected chi connectivity index (χ1v) is 4.68. The first kappa shape index (κ1) is 12.1. The third kappa shape index (κ3) is 5.33. The minimum atomic E-state index is -0.333. The average Bonchev–Trinajstić information content (AvgIpc) is 2.10. The van der Waals surface area contributed by atoms with Crippen molar-refractivity contribution < 1.29 is 9.72 Å². The van der Waals surface area contributed by atoms with Crippen LogP contribution < -0.4 is 0 Å². The van der Waals surface area contributed by atoms with Crippen molar-refractivity contribution in [2.75, 3.05) is 6.54 Å². The van der Waals surface area contributed by atoms with Gasteiger partial charge in [-0.1, -0.05) is 26.7 Å². The molecule has 0 aliphatic carbocycles. The van der Waals surface area contributed by atoms with Crippen LogP contribution in [0.2, 0.25) is 0 Å². The van der Waals surface area contributed by atoms with E-state index in [1.54, 1.807) is 6.92 Å². The zero-order chi connectivity index (χ0) is 10.3. The van der Waals surface area contributed by atoms with Gasteiger partial charge in [0.2, 0.25) is 6.54 Å². The van der Waals surface area contributed by atoms with Crippen molar-refractivity contribution in [1.29, 1.82) is 0 Å². The quantitative estimate of drug-likeness (QED) is 0.347. The Hall–Kier alpha value is -0.930. The van der Waals surface area contributed by atoms with Crippen LogP contribution in [-0.4, -0.2) is 17.8 Å². The number of unbranched alkanes of at least 4 members (excludes halogenated alkanes) is 1. The van der Waals surface area contributed by atoms with Gasteiger partial charge in [0.05, 0.1) is 0 Å². The third-order valence-corrected chi connectivity index (χ3v) is 2.27. The zero-order valence-electron chi connectivity index (χ0n) is 8.23. The maximum absolute atomic E-state index is 10.5. The Balaban J connectivity index is 4.01. The van der Waals surface area contributed by atoms with Gasteiger partial charge in [-0.15, -0.1) is 0 Å². The molecule has 0 aromatic heterocycles. The average molecular weight is 187 g/mol. The number of aldehydes is 1. The number of hydrogen-bond acceptors (Lipinski definition) is 3. The molecule has 0 bridgehead atoms. The van der Waals surface area contributed by atoms with E-state index in [1.807, 2.05) is 6.92 Å². The zero-order valence-corrected chi connectivity index (χ0v) is 8.23. The van der Waals surface area contributed by atoms with E-state index in [0.29, 0.717) is 0 Å². The first-order valence-electron chi connectivity index (χ1n) is 4.68. The summed E-state index contributed by atoms with van der Waals surface area (Å²) in [4.78, 5) is 20.4. The maximum Gasteiger partial charge on any atom is 0.207 e. The largest absolute Gasteiger partial charge is 0.303 e. The number of carbonyl (C=O) groups is 1. The Bertz CT molecular complexity index is 170. The van der Waals surface area contributed by atoms with Gasteiger partial charge < -0.3 is 4.79 Å². The Morgan fingerprint density at radius 1 is 1.54 bits per heavy atom. The lowest BCUT2D eigenvalue weighted by Gasteiger charge is -2.14. The van der Waals surface area contributed by atoms with Crippen LogP contribution in [0.1, 0.15) is 33.1 Å². The highest BCUT2D eigenvalue weighted by atomic mass is 16.6. The summed E-state index contributed by atoms with van der Waals surface area (Å²) in [7, 11) is 0. The molecule has 4 heteroatoms. The lowest BCUT2D eigenvalue weighted by molar-refractivity contribution is -0.489. The van der Waals surface area contributed by atoms with Crippen molar-refractivity contribution in [3.05, 3.63) is 10.1 Å². The van der Waals surface area contributed by atoms with E-state index in [1.165, 1.54) is 0 Å². The molecule has 4 nitrogen and oxygen atoms in total. The van der Waals surface area contributed by atoms with Crippen molar-refractivity contribution in [2.45, 2.75) is 33.1 Å². The molecular formula is C9H17NO3. The summed E-state index contributed by atoms with van der Waals surface area (Å²) >= 11 is 0. The van der Waals surface area contributed by atoms with Crippen LogP contribution in [0.5, 0.6) is 0 Å². The molecule has 0 N–H and O–H groups in total. The molecule has 0 rings (SSSR count). The Kier molecular flexibility index (Phi) is 6.10. The Morgan fingerprint density at radius 2 is 2.15 bits per heavy atom. The molecule has 2 atom stereocenters. The van der Waals surface area contributed by atoms with Crippen LogP contribution in [0, 0.1) is 22.0 Å². The highest BCUT2D eigenvalue weighted by Gasteiger charge is 2.21. The number of nitro groups is 1. The van der Waals surface area contributed by atoms with Gasteiger partial charge in [-0.05, 0) is 6.42 Å². The molecule has 0 aliphatic heterocycles. The van der Waals surface area contributed by atoms with E-state index in [-0.39, 0.29) is 23.3 Å². The van der Waals surface area contributed by atoms with E-state index in [0.717, 1.165) is 25.5 Å². The van der Waals surface area contributed by atoms with Gasteiger partial charge >= 0.3 is 0 Å². The number of carbonyl (C=O) groups excluding carboxylic acids is 1. The Labute approximate surface area is 78.5 Å². The molecule has 0 fully saturated rings. The molecule has 0 aromatic carbocycles.